The molecule has 0 spiro atoms. The lowest BCUT2D eigenvalue weighted by Crippen LogP contribution is -2.60. The van der Waals surface area contributed by atoms with E-state index >= 15 is 0 Å². The number of aliphatic imine (C=N–C) groups is 1. The Kier molecular flexibility index (Phi) is 3.91. The molecule has 0 aromatic heterocycles. The number of halogens is 2. The molecule has 2 aromatic carbocycles. The molecule has 0 aliphatic carbocycles. The maximum Gasteiger partial charge on any atom is 0.175 e. The van der Waals surface area contributed by atoms with Gasteiger partial charge in [-0.1, -0.05) is 30.3 Å². The third kappa shape index (κ3) is 2.29. The monoisotopic (exact) mass is 392 g/mol. The fraction of sp³-hybridized carbons (Fsp3) is 0.316. The van der Waals surface area contributed by atoms with Crippen LogP contribution in [0.15, 0.2) is 53.5 Å². The van der Waals surface area contributed by atoms with E-state index in [1.165, 1.54) is 49.4 Å². The summed E-state index contributed by atoms with van der Waals surface area (Å²) >= 11 is 0. The molecular formula is C19H18F2N2O3S. The minimum Gasteiger partial charge on any atom is -0.386 e. The van der Waals surface area contributed by atoms with Crippen LogP contribution in [0.3, 0.4) is 0 Å². The molecule has 2 N–H and O–H groups in total. The highest BCUT2D eigenvalue weighted by molar-refractivity contribution is 7.94. The number of benzene rings is 2. The highest BCUT2D eigenvalue weighted by Crippen LogP contribution is 2.49. The van der Waals surface area contributed by atoms with Gasteiger partial charge in [-0.2, -0.15) is 0 Å². The van der Waals surface area contributed by atoms with Crippen molar-refractivity contribution in [3.05, 3.63) is 71.3 Å². The standard InChI is InChI=1S/C19H18F2N2O3S/c1-18(12-6-8-13(20)9-7-12)17(22)23-19(14-4-2-3-5-15(14)21)11-26-10-16(19)27(18,24)25/h2-9,16H,10-11H2,1H3,(H2,22,23)/t16-,18?,19-/m1/s1. The van der Waals surface area contributed by atoms with Crippen molar-refractivity contribution in [3.63, 3.8) is 0 Å². The van der Waals surface area contributed by atoms with Crippen LogP contribution in [0.1, 0.15) is 18.1 Å². The number of fused-ring (bicyclic) bond motifs is 1. The van der Waals surface area contributed by atoms with Crippen molar-refractivity contribution in [2.45, 2.75) is 22.5 Å². The second kappa shape index (κ2) is 5.84. The highest BCUT2D eigenvalue weighted by atomic mass is 32.2. The minimum absolute atomic E-state index is 0.0853. The van der Waals surface area contributed by atoms with Gasteiger partial charge in [0, 0.05) is 5.56 Å². The normalized spacial score (nSPS) is 32.0. The molecule has 0 saturated carbocycles. The Labute approximate surface area is 155 Å². The van der Waals surface area contributed by atoms with Crippen LogP contribution in [-0.2, 0) is 24.9 Å². The molecule has 2 aliphatic heterocycles. The van der Waals surface area contributed by atoms with Crippen LogP contribution in [0.25, 0.3) is 0 Å². The summed E-state index contributed by atoms with van der Waals surface area (Å²) < 4.78 is 59.0. The minimum atomic E-state index is -4.01. The Morgan fingerprint density at radius 1 is 1.15 bits per heavy atom. The van der Waals surface area contributed by atoms with Crippen molar-refractivity contribution in [3.8, 4) is 0 Å². The largest absolute Gasteiger partial charge is 0.386 e. The highest BCUT2D eigenvalue weighted by Gasteiger charge is 2.63. The quantitative estimate of drug-likeness (QED) is 0.850. The van der Waals surface area contributed by atoms with Crippen LogP contribution in [0.4, 0.5) is 8.78 Å². The van der Waals surface area contributed by atoms with E-state index in [9.17, 15) is 17.2 Å². The van der Waals surface area contributed by atoms with Gasteiger partial charge in [-0.25, -0.2) is 17.2 Å². The summed E-state index contributed by atoms with van der Waals surface area (Å²) in [5, 5.41) is -1.11. The van der Waals surface area contributed by atoms with Gasteiger partial charge in [0.25, 0.3) is 0 Å². The van der Waals surface area contributed by atoms with E-state index in [2.05, 4.69) is 4.99 Å². The van der Waals surface area contributed by atoms with Crippen LogP contribution in [0.5, 0.6) is 0 Å². The number of nitrogens with zero attached hydrogens (tertiary/aromatic N) is 1. The van der Waals surface area contributed by atoms with Gasteiger partial charge in [-0.3, -0.25) is 4.99 Å². The third-order valence-corrected chi connectivity index (χ3v) is 8.47. The zero-order chi connectivity index (χ0) is 19.4. The van der Waals surface area contributed by atoms with Crippen LogP contribution in [0.2, 0.25) is 0 Å². The van der Waals surface area contributed by atoms with E-state index < -0.39 is 37.0 Å². The zero-order valence-corrected chi connectivity index (χ0v) is 15.3. The number of nitrogens with two attached hydrogens (primary N) is 1. The summed E-state index contributed by atoms with van der Waals surface area (Å²) in [6.07, 6.45) is 0. The molecule has 5 nitrogen and oxygen atoms in total. The number of hydrogen-bond acceptors (Lipinski definition) is 5. The molecule has 3 atom stereocenters. The molecule has 0 amide bonds. The van der Waals surface area contributed by atoms with Gasteiger partial charge in [-0.05, 0) is 30.7 Å². The molecule has 4 rings (SSSR count). The molecule has 27 heavy (non-hydrogen) atoms. The number of rotatable bonds is 2. The molecule has 2 aliphatic rings. The first-order valence-corrected chi connectivity index (χ1v) is 9.96. The Morgan fingerprint density at radius 3 is 2.48 bits per heavy atom. The predicted molar refractivity (Wildman–Crippen MR) is 97.0 cm³/mol. The van der Waals surface area contributed by atoms with E-state index in [4.69, 9.17) is 10.5 Å². The molecule has 2 aromatic rings. The van der Waals surface area contributed by atoms with Gasteiger partial charge in [0.15, 0.2) is 14.6 Å². The summed E-state index contributed by atoms with van der Waals surface area (Å²) in [5.74, 6) is -1.22. The number of sulfone groups is 1. The van der Waals surface area contributed by atoms with Gasteiger partial charge >= 0.3 is 0 Å². The maximum atomic E-state index is 14.5. The smallest absolute Gasteiger partial charge is 0.175 e. The fourth-order valence-corrected chi connectivity index (χ4v) is 6.37. The van der Waals surface area contributed by atoms with E-state index in [-0.39, 0.29) is 24.6 Å². The lowest BCUT2D eigenvalue weighted by Gasteiger charge is -2.43. The first kappa shape index (κ1) is 18.1. The van der Waals surface area contributed by atoms with Gasteiger partial charge in [0.1, 0.15) is 28.3 Å². The number of amidine groups is 1. The number of hydrogen-bond donors (Lipinski definition) is 1. The lowest BCUT2D eigenvalue weighted by atomic mass is 9.87. The van der Waals surface area contributed by atoms with Gasteiger partial charge in [-0.15, -0.1) is 0 Å². The van der Waals surface area contributed by atoms with Crippen LogP contribution < -0.4 is 5.73 Å². The topological polar surface area (TPSA) is 81.8 Å². The molecule has 1 fully saturated rings. The van der Waals surface area contributed by atoms with Crippen molar-refractivity contribution in [2.75, 3.05) is 13.2 Å². The zero-order valence-electron chi connectivity index (χ0n) is 14.5. The summed E-state index contributed by atoms with van der Waals surface area (Å²) in [6, 6.07) is 11.0. The van der Waals surface area contributed by atoms with Crippen molar-refractivity contribution < 1.29 is 21.9 Å². The molecule has 8 heteroatoms. The average Bonchev–Trinajstić information content (AvgIpc) is 3.06. The van der Waals surface area contributed by atoms with Gasteiger partial charge in [0.2, 0.25) is 0 Å². The summed E-state index contributed by atoms with van der Waals surface area (Å²) in [7, 11) is -4.01. The summed E-state index contributed by atoms with van der Waals surface area (Å²) in [6.45, 7) is 1.24. The summed E-state index contributed by atoms with van der Waals surface area (Å²) in [5.41, 5.74) is 5.19. The van der Waals surface area contributed by atoms with E-state index in [0.29, 0.717) is 5.56 Å². The average molecular weight is 392 g/mol. The predicted octanol–water partition coefficient (Wildman–Crippen LogP) is 2.26. The fourth-order valence-electron chi connectivity index (χ4n) is 3.96. The third-order valence-electron chi connectivity index (χ3n) is 5.61. The Hall–Kier alpha value is -2.32. The van der Waals surface area contributed by atoms with Crippen LogP contribution in [0, 0.1) is 11.6 Å². The van der Waals surface area contributed by atoms with E-state index in [0.717, 1.165) is 0 Å². The van der Waals surface area contributed by atoms with Crippen molar-refractivity contribution >= 4 is 15.7 Å². The van der Waals surface area contributed by atoms with Crippen molar-refractivity contribution in [1.82, 2.24) is 0 Å². The second-order valence-corrected chi connectivity index (χ2v) is 9.47. The Morgan fingerprint density at radius 2 is 1.81 bits per heavy atom. The lowest BCUT2D eigenvalue weighted by molar-refractivity contribution is 0.178. The molecule has 0 bridgehead atoms. The van der Waals surface area contributed by atoms with Gasteiger partial charge in [0.05, 0.1) is 13.2 Å². The van der Waals surface area contributed by atoms with E-state index in [1.807, 2.05) is 0 Å². The van der Waals surface area contributed by atoms with Crippen LogP contribution in [-0.4, -0.2) is 32.7 Å². The van der Waals surface area contributed by atoms with E-state index in [1.54, 1.807) is 6.07 Å². The maximum absolute atomic E-state index is 14.5. The first-order valence-electron chi connectivity index (χ1n) is 8.41. The molecule has 0 radical (unpaired) electrons. The SMILES string of the molecule is CC1(c2ccc(F)cc2)C(N)=N[C@@]2(c3ccccc3F)COC[C@H]2S1(=O)=O. The molecular weight excluding hydrogens is 374 g/mol. The molecule has 142 valence electrons. The van der Waals surface area contributed by atoms with Crippen molar-refractivity contribution in [1.29, 1.82) is 0 Å². The Bertz CT molecular complexity index is 1040. The van der Waals surface area contributed by atoms with Gasteiger partial charge < -0.3 is 10.5 Å². The van der Waals surface area contributed by atoms with Crippen LogP contribution >= 0.6 is 0 Å². The van der Waals surface area contributed by atoms with Crippen molar-refractivity contribution in [2.24, 2.45) is 10.7 Å². The number of ether oxygens (including phenoxy) is 1. The molecule has 1 unspecified atom stereocenters. The first-order chi connectivity index (χ1) is 12.7. The summed E-state index contributed by atoms with van der Waals surface area (Å²) in [4.78, 5) is 4.51. The second-order valence-electron chi connectivity index (χ2n) is 6.99. The Balaban J connectivity index is 1.99. The molecule has 2 heterocycles. The molecule has 1 saturated heterocycles.